The van der Waals surface area contributed by atoms with Crippen molar-refractivity contribution >= 4 is 5.97 Å². The van der Waals surface area contributed by atoms with Gasteiger partial charge in [0.2, 0.25) is 0 Å². The molecule has 2 heteroatoms. The van der Waals surface area contributed by atoms with Crippen molar-refractivity contribution in [2.45, 2.75) is 85.0 Å². The largest absolute Gasteiger partial charge is 0.480 e. The Hall–Kier alpha value is -0.970. The van der Waals surface area contributed by atoms with Crippen LogP contribution in [0.3, 0.4) is 0 Å². The summed E-state index contributed by atoms with van der Waals surface area (Å²) in [5.74, 6) is 4.94. The van der Waals surface area contributed by atoms with Gasteiger partial charge in [-0.3, -0.25) is 4.79 Å². The Morgan fingerprint density at radius 2 is 1.53 bits per heavy atom. The molecule has 0 bridgehead atoms. The summed E-state index contributed by atoms with van der Waals surface area (Å²) in [5.41, 5.74) is -0.809. The topological polar surface area (TPSA) is 37.3 Å². The Bertz CT molecular complexity index is 298. The lowest BCUT2D eigenvalue weighted by Gasteiger charge is -2.21. The first-order chi connectivity index (χ1) is 9.13. The van der Waals surface area contributed by atoms with Crippen molar-refractivity contribution in [2.75, 3.05) is 0 Å². The lowest BCUT2D eigenvalue weighted by atomic mass is 9.80. The normalized spacial score (nSPS) is 13.4. The number of unbranched alkanes of at least 4 members (excludes halogenated alkanes) is 7. The molecule has 19 heavy (non-hydrogen) atoms. The molecule has 0 saturated carbocycles. The van der Waals surface area contributed by atoms with Gasteiger partial charge in [0.25, 0.3) is 0 Å². The van der Waals surface area contributed by atoms with Crippen LogP contribution in [-0.4, -0.2) is 11.1 Å². The van der Waals surface area contributed by atoms with E-state index < -0.39 is 11.4 Å². The second-order valence-electron chi connectivity index (χ2n) is 5.34. The Balaban J connectivity index is 3.88. The van der Waals surface area contributed by atoms with Gasteiger partial charge in [0.1, 0.15) is 5.41 Å². The van der Waals surface area contributed by atoms with Crippen LogP contribution in [0.2, 0.25) is 0 Å². The molecular formula is C17H30O2. The fraction of sp³-hybridized carbons (Fsp3) is 0.824. The van der Waals surface area contributed by atoms with E-state index >= 15 is 0 Å². The van der Waals surface area contributed by atoms with Crippen molar-refractivity contribution < 1.29 is 9.90 Å². The number of hydrogen-bond acceptors (Lipinski definition) is 1. The molecule has 0 aliphatic heterocycles. The summed E-state index contributed by atoms with van der Waals surface area (Å²) in [7, 11) is 0. The van der Waals surface area contributed by atoms with E-state index in [0.29, 0.717) is 12.8 Å². The van der Waals surface area contributed by atoms with Crippen LogP contribution in [0, 0.1) is 17.3 Å². The molecule has 0 heterocycles. The van der Waals surface area contributed by atoms with E-state index in [0.717, 1.165) is 12.8 Å². The van der Waals surface area contributed by atoms with Gasteiger partial charge in [0.15, 0.2) is 0 Å². The Labute approximate surface area is 119 Å². The molecule has 0 amide bonds. The molecule has 0 aromatic heterocycles. The molecular weight excluding hydrogens is 236 g/mol. The van der Waals surface area contributed by atoms with E-state index in [4.69, 9.17) is 0 Å². The zero-order valence-electron chi connectivity index (χ0n) is 12.9. The molecule has 0 aliphatic rings. The summed E-state index contributed by atoms with van der Waals surface area (Å²) in [4.78, 5) is 11.4. The van der Waals surface area contributed by atoms with Crippen LogP contribution in [0.1, 0.15) is 85.0 Å². The molecule has 0 saturated heterocycles. The summed E-state index contributed by atoms with van der Waals surface area (Å²) >= 11 is 0. The Kier molecular flexibility index (Phi) is 10.4. The minimum atomic E-state index is -0.809. The molecule has 1 unspecified atom stereocenters. The van der Waals surface area contributed by atoms with E-state index in [1.807, 2.05) is 6.92 Å². The van der Waals surface area contributed by atoms with E-state index in [-0.39, 0.29) is 0 Å². The average molecular weight is 266 g/mol. The highest BCUT2D eigenvalue weighted by atomic mass is 16.4. The van der Waals surface area contributed by atoms with Crippen molar-refractivity contribution in [3.8, 4) is 11.8 Å². The van der Waals surface area contributed by atoms with Crippen LogP contribution in [0.4, 0.5) is 0 Å². The number of aliphatic carboxylic acids is 1. The number of rotatable bonds is 11. The van der Waals surface area contributed by atoms with Crippen LogP contribution in [0.5, 0.6) is 0 Å². The summed E-state index contributed by atoms with van der Waals surface area (Å²) in [6.45, 7) is 5.87. The predicted octanol–water partition coefficient (Wildman–Crippen LogP) is 5.02. The van der Waals surface area contributed by atoms with E-state index in [1.54, 1.807) is 6.92 Å². The molecule has 0 aliphatic carbocycles. The smallest absolute Gasteiger partial charge is 0.321 e. The zero-order chi connectivity index (χ0) is 14.6. The van der Waals surface area contributed by atoms with Gasteiger partial charge in [-0.15, -0.1) is 5.92 Å². The van der Waals surface area contributed by atoms with Gasteiger partial charge in [-0.25, -0.2) is 0 Å². The van der Waals surface area contributed by atoms with Crippen molar-refractivity contribution in [3.05, 3.63) is 0 Å². The zero-order valence-corrected chi connectivity index (χ0v) is 12.9. The third kappa shape index (κ3) is 7.25. The maximum atomic E-state index is 11.4. The Morgan fingerprint density at radius 3 is 1.95 bits per heavy atom. The molecule has 0 aromatic rings. The first kappa shape index (κ1) is 18.0. The number of carboxylic acid groups (broad SMARTS) is 1. The molecule has 1 atom stereocenters. The monoisotopic (exact) mass is 266 g/mol. The highest BCUT2D eigenvalue weighted by Crippen LogP contribution is 2.29. The van der Waals surface area contributed by atoms with Gasteiger partial charge in [0.05, 0.1) is 0 Å². The van der Waals surface area contributed by atoms with Crippen molar-refractivity contribution in [2.24, 2.45) is 5.41 Å². The third-order valence-corrected chi connectivity index (χ3v) is 3.83. The van der Waals surface area contributed by atoms with E-state index in [1.165, 1.54) is 38.5 Å². The average Bonchev–Trinajstić information content (AvgIpc) is 2.40. The van der Waals surface area contributed by atoms with Crippen molar-refractivity contribution in [3.63, 3.8) is 0 Å². The quantitative estimate of drug-likeness (QED) is 0.421. The van der Waals surface area contributed by atoms with Crippen molar-refractivity contribution in [1.29, 1.82) is 0 Å². The van der Waals surface area contributed by atoms with Gasteiger partial charge in [0, 0.05) is 0 Å². The minimum absolute atomic E-state index is 0.597. The van der Waals surface area contributed by atoms with Gasteiger partial charge >= 0.3 is 5.97 Å². The summed E-state index contributed by atoms with van der Waals surface area (Å²) in [5, 5.41) is 9.35. The van der Waals surface area contributed by atoms with Crippen LogP contribution >= 0.6 is 0 Å². The fourth-order valence-electron chi connectivity index (χ4n) is 2.44. The predicted molar refractivity (Wildman–Crippen MR) is 81.0 cm³/mol. The fourth-order valence-corrected chi connectivity index (χ4v) is 2.44. The lowest BCUT2D eigenvalue weighted by Crippen LogP contribution is -2.28. The van der Waals surface area contributed by atoms with Crippen LogP contribution in [0.15, 0.2) is 0 Å². The molecule has 110 valence electrons. The van der Waals surface area contributed by atoms with Gasteiger partial charge in [-0.1, -0.05) is 71.1 Å². The molecule has 0 aromatic carbocycles. The van der Waals surface area contributed by atoms with Crippen LogP contribution < -0.4 is 0 Å². The number of carboxylic acids is 1. The molecule has 0 rings (SSSR count). The lowest BCUT2D eigenvalue weighted by molar-refractivity contribution is -0.146. The highest BCUT2D eigenvalue weighted by molar-refractivity contribution is 5.78. The molecule has 0 fully saturated rings. The number of carbonyl (C=O) groups is 1. The van der Waals surface area contributed by atoms with Gasteiger partial charge in [-0.2, -0.15) is 0 Å². The molecule has 0 radical (unpaired) electrons. The second-order valence-corrected chi connectivity index (χ2v) is 5.34. The minimum Gasteiger partial charge on any atom is -0.480 e. The van der Waals surface area contributed by atoms with Gasteiger partial charge < -0.3 is 5.11 Å². The second kappa shape index (κ2) is 10.9. The summed E-state index contributed by atoms with van der Waals surface area (Å²) in [6, 6.07) is 0. The van der Waals surface area contributed by atoms with E-state index in [2.05, 4.69) is 18.8 Å². The third-order valence-electron chi connectivity index (χ3n) is 3.83. The maximum absolute atomic E-state index is 11.4. The molecule has 1 N–H and O–H groups in total. The van der Waals surface area contributed by atoms with Gasteiger partial charge in [-0.05, 0) is 19.8 Å². The standard InChI is InChI=1S/C17H30O2/c1-4-7-8-9-10-11-12-13-15-17(6-3,14-5-2)16(18)19/h4,6-13,15H2,1-3H3,(H,18,19). The van der Waals surface area contributed by atoms with Crippen LogP contribution in [0.25, 0.3) is 0 Å². The van der Waals surface area contributed by atoms with E-state index in [9.17, 15) is 9.90 Å². The molecule has 0 spiro atoms. The first-order valence-corrected chi connectivity index (χ1v) is 7.80. The number of hydrogen-bond donors (Lipinski definition) is 1. The van der Waals surface area contributed by atoms with Crippen LogP contribution in [-0.2, 0) is 4.79 Å². The Morgan fingerprint density at radius 1 is 1.00 bits per heavy atom. The SMILES string of the molecule is CC#CC(CC)(CCCCCCCCCC)C(=O)O. The first-order valence-electron chi connectivity index (χ1n) is 7.80. The maximum Gasteiger partial charge on any atom is 0.321 e. The summed E-state index contributed by atoms with van der Waals surface area (Å²) in [6.07, 6.45) is 11.2. The highest BCUT2D eigenvalue weighted by Gasteiger charge is 2.33. The summed E-state index contributed by atoms with van der Waals surface area (Å²) < 4.78 is 0. The molecule has 2 nitrogen and oxygen atoms in total. The van der Waals surface area contributed by atoms with Crippen molar-refractivity contribution in [1.82, 2.24) is 0 Å².